The Morgan fingerprint density at radius 3 is 3.06 bits per heavy atom. The molecule has 1 saturated heterocycles. The Bertz CT molecular complexity index is 385. The normalized spacial score (nSPS) is 21.1. The Hall–Kier alpha value is -1.62. The predicted octanol–water partition coefficient (Wildman–Crippen LogP) is 0.819. The molecule has 1 amide bonds. The van der Waals surface area contributed by atoms with E-state index < -0.39 is 0 Å². The van der Waals surface area contributed by atoms with E-state index in [-0.39, 0.29) is 11.9 Å². The SMILES string of the molecule is CC(NC(=O)c1ccc(N)nc1)C1CCOC1. The van der Waals surface area contributed by atoms with Gasteiger partial charge in [0.2, 0.25) is 0 Å². The van der Waals surface area contributed by atoms with Gasteiger partial charge in [-0.1, -0.05) is 0 Å². The van der Waals surface area contributed by atoms with E-state index in [4.69, 9.17) is 10.5 Å². The molecule has 0 bridgehead atoms. The molecule has 1 aromatic heterocycles. The van der Waals surface area contributed by atoms with Gasteiger partial charge in [-0.3, -0.25) is 4.79 Å². The number of nitrogen functional groups attached to an aromatic ring is 1. The second-order valence-electron chi connectivity index (χ2n) is 4.36. The van der Waals surface area contributed by atoms with Gasteiger partial charge in [-0.05, 0) is 25.5 Å². The Balaban J connectivity index is 1.94. The van der Waals surface area contributed by atoms with Crippen molar-refractivity contribution in [2.45, 2.75) is 19.4 Å². The van der Waals surface area contributed by atoms with Gasteiger partial charge >= 0.3 is 0 Å². The summed E-state index contributed by atoms with van der Waals surface area (Å²) in [6.45, 7) is 3.51. The zero-order valence-electron chi connectivity index (χ0n) is 9.85. The third kappa shape index (κ3) is 2.94. The fourth-order valence-corrected chi connectivity index (χ4v) is 1.89. The van der Waals surface area contributed by atoms with Crippen LogP contribution in [0.4, 0.5) is 5.82 Å². The molecular weight excluding hydrogens is 218 g/mol. The largest absolute Gasteiger partial charge is 0.384 e. The summed E-state index contributed by atoms with van der Waals surface area (Å²) in [6, 6.07) is 3.41. The van der Waals surface area contributed by atoms with Crippen molar-refractivity contribution in [2.24, 2.45) is 5.92 Å². The second kappa shape index (κ2) is 5.14. The lowest BCUT2D eigenvalue weighted by molar-refractivity contribution is 0.0922. The van der Waals surface area contributed by atoms with Crippen molar-refractivity contribution in [3.8, 4) is 0 Å². The summed E-state index contributed by atoms with van der Waals surface area (Å²) >= 11 is 0. The van der Waals surface area contributed by atoms with E-state index in [2.05, 4.69) is 10.3 Å². The summed E-state index contributed by atoms with van der Waals surface area (Å²) in [6.07, 6.45) is 2.49. The lowest BCUT2D eigenvalue weighted by atomic mass is 10.0. The molecule has 0 radical (unpaired) electrons. The van der Waals surface area contributed by atoms with Crippen LogP contribution in [-0.2, 0) is 4.74 Å². The Labute approximate surface area is 100 Å². The van der Waals surface area contributed by atoms with Crippen LogP contribution < -0.4 is 11.1 Å². The summed E-state index contributed by atoms with van der Waals surface area (Å²) in [4.78, 5) is 15.8. The van der Waals surface area contributed by atoms with Crippen LogP contribution in [0.25, 0.3) is 0 Å². The molecular formula is C12H17N3O2. The maximum absolute atomic E-state index is 11.9. The lowest BCUT2D eigenvalue weighted by Crippen LogP contribution is -2.38. The maximum Gasteiger partial charge on any atom is 0.253 e. The van der Waals surface area contributed by atoms with Crippen LogP contribution >= 0.6 is 0 Å². The zero-order valence-corrected chi connectivity index (χ0v) is 9.85. The van der Waals surface area contributed by atoms with E-state index in [1.54, 1.807) is 12.1 Å². The molecule has 92 valence electrons. The van der Waals surface area contributed by atoms with Crippen molar-refractivity contribution in [1.82, 2.24) is 10.3 Å². The summed E-state index contributed by atoms with van der Waals surface area (Å²) in [7, 11) is 0. The van der Waals surface area contributed by atoms with Crippen molar-refractivity contribution in [3.05, 3.63) is 23.9 Å². The van der Waals surface area contributed by atoms with Gasteiger partial charge in [0.15, 0.2) is 0 Å². The number of carbonyl (C=O) groups excluding carboxylic acids is 1. The molecule has 2 unspecified atom stereocenters. The number of aromatic nitrogens is 1. The average molecular weight is 235 g/mol. The number of nitrogens with two attached hydrogens (primary N) is 1. The predicted molar refractivity (Wildman–Crippen MR) is 64.5 cm³/mol. The molecule has 0 spiro atoms. The number of hydrogen-bond donors (Lipinski definition) is 2. The third-order valence-corrected chi connectivity index (χ3v) is 3.08. The summed E-state index contributed by atoms with van der Waals surface area (Å²) in [5.74, 6) is 0.705. The minimum atomic E-state index is -0.114. The van der Waals surface area contributed by atoms with Crippen molar-refractivity contribution in [3.63, 3.8) is 0 Å². The number of anilines is 1. The first-order valence-corrected chi connectivity index (χ1v) is 5.77. The molecule has 2 atom stereocenters. The van der Waals surface area contributed by atoms with Gasteiger partial charge in [0.1, 0.15) is 5.82 Å². The highest BCUT2D eigenvalue weighted by Crippen LogP contribution is 2.16. The highest BCUT2D eigenvalue weighted by molar-refractivity contribution is 5.94. The fraction of sp³-hybridized carbons (Fsp3) is 0.500. The lowest BCUT2D eigenvalue weighted by Gasteiger charge is -2.19. The van der Waals surface area contributed by atoms with Crippen LogP contribution in [0.3, 0.4) is 0 Å². The highest BCUT2D eigenvalue weighted by Gasteiger charge is 2.23. The van der Waals surface area contributed by atoms with Gasteiger partial charge in [-0.2, -0.15) is 0 Å². The van der Waals surface area contributed by atoms with Gasteiger partial charge in [0, 0.05) is 24.8 Å². The van der Waals surface area contributed by atoms with Gasteiger partial charge in [-0.15, -0.1) is 0 Å². The smallest absolute Gasteiger partial charge is 0.253 e. The molecule has 5 nitrogen and oxygen atoms in total. The number of hydrogen-bond acceptors (Lipinski definition) is 4. The number of rotatable bonds is 3. The topological polar surface area (TPSA) is 77.2 Å². The van der Waals surface area contributed by atoms with Crippen molar-refractivity contribution >= 4 is 11.7 Å². The zero-order chi connectivity index (χ0) is 12.3. The van der Waals surface area contributed by atoms with E-state index >= 15 is 0 Å². The Morgan fingerprint density at radius 1 is 1.65 bits per heavy atom. The molecule has 0 saturated carbocycles. The molecule has 0 aliphatic carbocycles. The van der Waals surface area contributed by atoms with Crippen LogP contribution in [0, 0.1) is 5.92 Å². The molecule has 1 aliphatic heterocycles. The van der Waals surface area contributed by atoms with Gasteiger partial charge in [0.25, 0.3) is 5.91 Å². The van der Waals surface area contributed by atoms with Crippen molar-refractivity contribution in [1.29, 1.82) is 0 Å². The van der Waals surface area contributed by atoms with Crippen molar-refractivity contribution in [2.75, 3.05) is 18.9 Å². The van der Waals surface area contributed by atoms with E-state index in [1.165, 1.54) is 6.20 Å². The summed E-state index contributed by atoms with van der Waals surface area (Å²) < 4.78 is 5.30. The van der Waals surface area contributed by atoms with E-state index in [9.17, 15) is 4.79 Å². The number of carbonyl (C=O) groups is 1. The molecule has 2 rings (SSSR count). The van der Waals surface area contributed by atoms with E-state index in [0.29, 0.717) is 17.3 Å². The molecule has 1 fully saturated rings. The minimum absolute atomic E-state index is 0.113. The van der Waals surface area contributed by atoms with E-state index in [1.807, 2.05) is 6.92 Å². The first kappa shape index (κ1) is 11.9. The molecule has 1 aliphatic rings. The third-order valence-electron chi connectivity index (χ3n) is 3.08. The number of nitrogens with one attached hydrogen (secondary N) is 1. The van der Waals surface area contributed by atoms with Crippen molar-refractivity contribution < 1.29 is 9.53 Å². The number of ether oxygens (including phenoxy) is 1. The Morgan fingerprint density at radius 2 is 2.47 bits per heavy atom. The van der Waals surface area contributed by atoms with Gasteiger partial charge in [-0.25, -0.2) is 4.98 Å². The summed E-state index contributed by atoms with van der Waals surface area (Å²) in [5, 5.41) is 2.96. The molecule has 1 aromatic rings. The molecule has 2 heterocycles. The Kier molecular flexibility index (Phi) is 3.58. The molecule has 3 N–H and O–H groups in total. The summed E-state index contributed by atoms with van der Waals surface area (Å²) in [5.41, 5.74) is 6.00. The van der Waals surface area contributed by atoms with E-state index in [0.717, 1.165) is 19.6 Å². The van der Waals surface area contributed by atoms with Crippen LogP contribution in [0.2, 0.25) is 0 Å². The minimum Gasteiger partial charge on any atom is -0.384 e. The highest BCUT2D eigenvalue weighted by atomic mass is 16.5. The fourth-order valence-electron chi connectivity index (χ4n) is 1.89. The standard InChI is InChI=1S/C12H17N3O2/c1-8(10-4-5-17-7-10)15-12(16)9-2-3-11(13)14-6-9/h2-3,6,8,10H,4-5,7H2,1H3,(H2,13,14)(H,15,16). The van der Waals surface area contributed by atoms with Gasteiger partial charge < -0.3 is 15.8 Å². The first-order valence-electron chi connectivity index (χ1n) is 5.77. The van der Waals surface area contributed by atoms with Crippen LogP contribution in [0.1, 0.15) is 23.7 Å². The monoisotopic (exact) mass is 235 g/mol. The first-order chi connectivity index (χ1) is 8.16. The van der Waals surface area contributed by atoms with Gasteiger partial charge in [0.05, 0.1) is 12.2 Å². The number of amides is 1. The van der Waals surface area contributed by atoms with Crippen LogP contribution in [0.5, 0.6) is 0 Å². The second-order valence-corrected chi connectivity index (χ2v) is 4.36. The molecule has 5 heteroatoms. The number of pyridine rings is 1. The average Bonchev–Trinajstić information content (AvgIpc) is 2.83. The molecule has 17 heavy (non-hydrogen) atoms. The van der Waals surface area contributed by atoms with Crippen LogP contribution in [0.15, 0.2) is 18.3 Å². The van der Waals surface area contributed by atoms with Crippen LogP contribution in [-0.4, -0.2) is 30.1 Å². The molecule has 0 aromatic carbocycles. The maximum atomic E-state index is 11.9. The quantitative estimate of drug-likeness (QED) is 0.813. The number of nitrogens with zero attached hydrogens (tertiary/aromatic N) is 1.